The Labute approximate surface area is 56.2 Å². The zero-order valence-corrected chi connectivity index (χ0v) is 5.93. The van der Waals surface area contributed by atoms with Gasteiger partial charge in [-0.2, -0.15) is 0 Å². The molecular weight excluding hydrogens is 114 g/mol. The molecule has 3 nitrogen and oxygen atoms in total. The van der Waals surface area contributed by atoms with Gasteiger partial charge in [0.25, 0.3) is 0 Å². The van der Waals surface area contributed by atoms with Crippen LogP contribution in [0.3, 0.4) is 0 Å². The van der Waals surface area contributed by atoms with E-state index in [1.165, 1.54) is 0 Å². The zero-order valence-electron chi connectivity index (χ0n) is 5.93. The molecule has 1 atom stereocenters. The topological polar surface area (TPSA) is 41.3 Å². The molecular formula is C6H15N3. The monoisotopic (exact) mass is 129 g/mol. The van der Waals surface area contributed by atoms with Gasteiger partial charge in [0.05, 0.1) is 0 Å². The molecule has 3 N–H and O–H groups in total. The summed E-state index contributed by atoms with van der Waals surface area (Å²) in [6.07, 6.45) is 0. The molecule has 0 saturated carbocycles. The molecule has 0 spiro atoms. The van der Waals surface area contributed by atoms with Crippen LogP contribution >= 0.6 is 0 Å². The van der Waals surface area contributed by atoms with E-state index in [0.29, 0.717) is 6.04 Å². The van der Waals surface area contributed by atoms with Crippen molar-refractivity contribution >= 4 is 0 Å². The average molecular weight is 129 g/mol. The summed E-state index contributed by atoms with van der Waals surface area (Å²) in [5.74, 6) is 0. The van der Waals surface area contributed by atoms with Crippen molar-refractivity contribution in [2.24, 2.45) is 5.73 Å². The summed E-state index contributed by atoms with van der Waals surface area (Å²) in [5.41, 5.74) is 5.70. The predicted molar refractivity (Wildman–Crippen MR) is 38.1 cm³/mol. The van der Waals surface area contributed by atoms with Crippen LogP contribution in [0.4, 0.5) is 0 Å². The second kappa shape index (κ2) is 3.15. The van der Waals surface area contributed by atoms with E-state index in [9.17, 15) is 0 Å². The van der Waals surface area contributed by atoms with Gasteiger partial charge in [-0.3, -0.25) is 4.90 Å². The molecule has 3 heteroatoms. The number of hydrogen-bond acceptors (Lipinski definition) is 3. The summed E-state index contributed by atoms with van der Waals surface area (Å²) >= 11 is 0. The summed E-state index contributed by atoms with van der Waals surface area (Å²) in [6, 6.07) is 0.332. The molecule has 1 fully saturated rings. The summed E-state index contributed by atoms with van der Waals surface area (Å²) in [5, 5.41) is 3.24. The Balaban J connectivity index is 2.23. The molecule has 1 aliphatic heterocycles. The van der Waals surface area contributed by atoms with Crippen molar-refractivity contribution in [3.63, 3.8) is 0 Å². The van der Waals surface area contributed by atoms with Crippen LogP contribution in [0.1, 0.15) is 6.92 Å². The van der Waals surface area contributed by atoms with Gasteiger partial charge in [-0.15, -0.1) is 0 Å². The van der Waals surface area contributed by atoms with Gasteiger partial charge in [-0.25, -0.2) is 0 Å². The van der Waals surface area contributed by atoms with E-state index in [2.05, 4.69) is 17.1 Å². The highest BCUT2D eigenvalue weighted by molar-refractivity contribution is 4.74. The summed E-state index contributed by atoms with van der Waals surface area (Å²) in [7, 11) is 0. The summed E-state index contributed by atoms with van der Waals surface area (Å²) in [6.45, 7) is 6.27. The van der Waals surface area contributed by atoms with Crippen molar-refractivity contribution < 1.29 is 0 Å². The molecule has 54 valence electrons. The number of rotatable bonds is 1. The maximum atomic E-state index is 5.70. The molecule has 0 aliphatic carbocycles. The number of nitrogens with two attached hydrogens (primary N) is 1. The molecule has 9 heavy (non-hydrogen) atoms. The predicted octanol–water partition coefficient (Wildman–Crippen LogP) is -0.804. The number of hydrogen-bond donors (Lipinski definition) is 2. The van der Waals surface area contributed by atoms with Crippen LogP contribution < -0.4 is 11.1 Å². The molecule has 1 aliphatic rings. The number of nitrogens with zero attached hydrogens (tertiary/aromatic N) is 1. The summed E-state index contributed by atoms with van der Waals surface area (Å²) in [4.78, 5) is 2.30. The van der Waals surface area contributed by atoms with Crippen LogP contribution in [-0.4, -0.2) is 37.2 Å². The molecule has 0 aromatic heterocycles. The number of nitrogens with one attached hydrogen (secondary N) is 1. The molecule has 0 bridgehead atoms. The molecule has 0 radical (unpaired) electrons. The number of likely N-dealkylation sites (N-methyl/N-ethyl adjacent to an activating group) is 1. The first kappa shape index (κ1) is 6.99. The first-order chi connectivity index (χ1) is 4.33. The molecule has 0 amide bonds. The van der Waals surface area contributed by atoms with Crippen molar-refractivity contribution in [2.45, 2.75) is 13.0 Å². The minimum Gasteiger partial charge on any atom is -0.325 e. The highest BCUT2D eigenvalue weighted by atomic mass is 15.3. The maximum Gasteiger partial charge on any atom is 0.0481 e. The molecule has 1 unspecified atom stereocenters. The van der Waals surface area contributed by atoms with E-state index in [0.717, 1.165) is 26.3 Å². The maximum absolute atomic E-state index is 5.70. The van der Waals surface area contributed by atoms with Crippen molar-refractivity contribution in [1.82, 2.24) is 10.2 Å². The molecule has 0 aromatic rings. The third-order valence-electron chi connectivity index (χ3n) is 1.68. The smallest absolute Gasteiger partial charge is 0.0481 e. The molecule has 1 heterocycles. The Bertz CT molecular complexity index is 84.4. The van der Waals surface area contributed by atoms with E-state index in [4.69, 9.17) is 5.73 Å². The Morgan fingerprint density at radius 2 is 2.56 bits per heavy atom. The quantitative estimate of drug-likeness (QED) is 0.487. The Morgan fingerprint density at radius 1 is 1.78 bits per heavy atom. The van der Waals surface area contributed by atoms with Gasteiger partial charge in [-0.1, -0.05) is 6.92 Å². The highest BCUT2D eigenvalue weighted by Crippen LogP contribution is 1.92. The average Bonchev–Trinajstić information content (AvgIpc) is 1.88. The second-order valence-electron chi connectivity index (χ2n) is 2.54. The van der Waals surface area contributed by atoms with Crippen molar-refractivity contribution in [1.29, 1.82) is 0 Å². The molecule has 1 saturated heterocycles. The third kappa shape index (κ3) is 1.93. The van der Waals surface area contributed by atoms with Gasteiger partial charge in [0.15, 0.2) is 0 Å². The first-order valence-electron chi connectivity index (χ1n) is 3.51. The Morgan fingerprint density at radius 3 is 3.00 bits per heavy atom. The van der Waals surface area contributed by atoms with E-state index in [1.807, 2.05) is 0 Å². The van der Waals surface area contributed by atoms with Crippen LogP contribution in [0.15, 0.2) is 0 Å². The van der Waals surface area contributed by atoms with Gasteiger partial charge in [-0.05, 0) is 6.54 Å². The summed E-state index contributed by atoms with van der Waals surface area (Å²) < 4.78 is 0. The lowest BCUT2D eigenvalue weighted by Crippen LogP contribution is -2.53. The van der Waals surface area contributed by atoms with Crippen LogP contribution in [0.5, 0.6) is 0 Å². The van der Waals surface area contributed by atoms with Crippen LogP contribution in [0, 0.1) is 0 Å². The SMILES string of the molecule is CCN1CNCC(N)C1. The fourth-order valence-corrected chi connectivity index (χ4v) is 1.11. The molecule has 0 aromatic carbocycles. The lowest BCUT2D eigenvalue weighted by Gasteiger charge is -2.30. The van der Waals surface area contributed by atoms with E-state index >= 15 is 0 Å². The van der Waals surface area contributed by atoms with E-state index in [-0.39, 0.29) is 0 Å². The molecule has 1 rings (SSSR count). The third-order valence-corrected chi connectivity index (χ3v) is 1.68. The van der Waals surface area contributed by atoms with Gasteiger partial charge >= 0.3 is 0 Å². The van der Waals surface area contributed by atoms with Crippen molar-refractivity contribution in [2.75, 3.05) is 26.3 Å². The largest absolute Gasteiger partial charge is 0.325 e. The van der Waals surface area contributed by atoms with Crippen LogP contribution in [-0.2, 0) is 0 Å². The van der Waals surface area contributed by atoms with Crippen molar-refractivity contribution in [3.8, 4) is 0 Å². The van der Waals surface area contributed by atoms with E-state index < -0.39 is 0 Å². The standard InChI is InChI=1S/C6H15N3/c1-2-9-4-6(7)3-8-5-9/h6,8H,2-5,7H2,1H3. The van der Waals surface area contributed by atoms with E-state index in [1.54, 1.807) is 0 Å². The van der Waals surface area contributed by atoms with Gasteiger partial charge in [0.1, 0.15) is 0 Å². The minimum absolute atomic E-state index is 0.332. The Kier molecular flexibility index (Phi) is 2.45. The second-order valence-corrected chi connectivity index (χ2v) is 2.54. The minimum atomic E-state index is 0.332. The first-order valence-corrected chi connectivity index (χ1v) is 3.51. The van der Waals surface area contributed by atoms with Crippen LogP contribution in [0.25, 0.3) is 0 Å². The van der Waals surface area contributed by atoms with Crippen molar-refractivity contribution in [3.05, 3.63) is 0 Å². The lowest BCUT2D eigenvalue weighted by molar-refractivity contribution is 0.207. The van der Waals surface area contributed by atoms with Gasteiger partial charge in [0, 0.05) is 25.8 Å². The fourth-order valence-electron chi connectivity index (χ4n) is 1.11. The van der Waals surface area contributed by atoms with Crippen LogP contribution in [0.2, 0.25) is 0 Å². The van der Waals surface area contributed by atoms with Gasteiger partial charge < -0.3 is 11.1 Å². The zero-order chi connectivity index (χ0) is 6.69. The lowest BCUT2D eigenvalue weighted by atomic mass is 10.2. The normalized spacial score (nSPS) is 30.7. The Hall–Kier alpha value is -0.120. The highest BCUT2D eigenvalue weighted by Gasteiger charge is 2.12. The fraction of sp³-hybridized carbons (Fsp3) is 1.00. The van der Waals surface area contributed by atoms with Gasteiger partial charge in [0.2, 0.25) is 0 Å².